The van der Waals surface area contributed by atoms with E-state index in [1.807, 2.05) is 0 Å². The standard InChI is InChI=1S/C13H21NO5.C8H13NO4.C4H9NO2.ClH/c1-3-10(15)7-8-12(17)14-9-11(16)5-4-6-13(18)19-2;1-2-6(10)3-4-7(11)9-5-8(12)13;1-7-4(6)2-3-5;/h3-9H2,1-2H3,(H,14,17);2-5H2,1H3,(H,9,11)(H,12,13);2-3,5H2,1H3;1H. The number of nitrogens with two attached hydrogens (primary N) is 1. The van der Waals surface area contributed by atoms with Gasteiger partial charge in [0.1, 0.15) is 18.1 Å². The number of ether oxygens (including phenoxy) is 2. The van der Waals surface area contributed by atoms with Gasteiger partial charge in [0.15, 0.2) is 5.78 Å². The lowest BCUT2D eigenvalue weighted by molar-refractivity contribution is -0.141. The van der Waals surface area contributed by atoms with Gasteiger partial charge in [0, 0.05) is 57.9 Å². The fourth-order valence-corrected chi connectivity index (χ4v) is 2.25. The summed E-state index contributed by atoms with van der Waals surface area (Å²) in [4.78, 5) is 86.2. The van der Waals surface area contributed by atoms with Gasteiger partial charge in [-0.15, -0.1) is 12.4 Å². The number of halogens is 1. The van der Waals surface area contributed by atoms with Crippen molar-refractivity contribution in [3.8, 4) is 0 Å². The molecule has 0 fully saturated rings. The molecule has 0 heterocycles. The van der Waals surface area contributed by atoms with Crippen LogP contribution in [-0.2, 0) is 47.8 Å². The molecule has 0 rings (SSSR count). The molecule has 0 aromatic heterocycles. The average molecular weight is 598 g/mol. The number of hydrogen-bond donors (Lipinski definition) is 4. The second kappa shape index (κ2) is 30.2. The first-order valence-corrected chi connectivity index (χ1v) is 12.5. The average Bonchev–Trinajstić information content (AvgIpc) is 2.92. The molecule has 0 saturated carbocycles. The fraction of sp³-hybridized carbons (Fsp3) is 0.680. The summed E-state index contributed by atoms with van der Waals surface area (Å²) in [6.45, 7) is 3.38. The maximum absolute atomic E-state index is 11.4. The van der Waals surface area contributed by atoms with Gasteiger partial charge in [-0.2, -0.15) is 0 Å². The van der Waals surface area contributed by atoms with Gasteiger partial charge in [0.25, 0.3) is 0 Å². The summed E-state index contributed by atoms with van der Waals surface area (Å²) >= 11 is 0. The highest BCUT2D eigenvalue weighted by Gasteiger charge is 2.09. The quantitative estimate of drug-likeness (QED) is 0.160. The van der Waals surface area contributed by atoms with E-state index in [2.05, 4.69) is 20.1 Å². The third kappa shape index (κ3) is 34.6. The lowest BCUT2D eigenvalue weighted by Crippen LogP contribution is -2.29. The summed E-state index contributed by atoms with van der Waals surface area (Å²) in [7, 11) is 2.64. The van der Waals surface area contributed by atoms with Crippen LogP contribution in [0.2, 0.25) is 0 Å². The number of rotatable bonds is 18. The third-order valence-corrected chi connectivity index (χ3v) is 4.61. The fourth-order valence-electron chi connectivity index (χ4n) is 2.25. The van der Waals surface area contributed by atoms with Crippen molar-refractivity contribution < 1.29 is 52.9 Å². The summed E-state index contributed by atoms with van der Waals surface area (Å²) < 4.78 is 8.71. The van der Waals surface area contributed by atoms with Gasteiger partial charge in [-0.1, -0.05) is 13.8 Å². The molecule has 15 heteroatoms. The number of hydrogen-bond acceptors (Lipinski definition) is 11. The monoisotopic (exact) mass is 597 g/mol. The first-order chi connectivity index (χ1) is 18.4. The highest BCUT2D eigenvalue weighted by Crippen LogP contribution is 1.99. The lowest BCUT2D eigenvalue weighted by Gasteiger charge is -2.04. The maximum atomic E-state index is 11.4. The van der Waals surface area contributed by atoms with Crippen LogP contribution >= 0.6 is 12.4 Å². The number of carbonyl (C=O) groups is 8. The Labute approximate surface area is 240 Å². The molecule has 0 saturated heterocycles. The predicted octanol–water partition coefficient (Wildman–Crippen LogP) is 0.651. The van der Waals surface area contributed by atoms with E-state index in [0.717, 1.165) is 0 Å². The minimum absolute atomic E-state index is 0. The number of Topliss-reactive ketones (excluding diaryl/α,β-unsaturated/α-hetero) is 3. The largest absolute Gasteiger partial charge is 0.480 e. The molecule has 0 radical (unpaired) electrons. The van der Waals surface area contributed by atoms with Crippen molar-refractivity contribution in [3.05, 3.63) is 0 Å². The molecule has 14 nitrogen and oxygen atoms in total. The molecule has 0 atom stereocenters. The smallest absolute Gasteiger partial charge is 0.322 e. The van der Waals surface area contributed by atoms with Crippen LogP contribution < -0.4 is 16.4 Å². The number of esters is 2. The van der Waals surface area contributed by atoms with E-state index in [9.17, 15) is 38.4 Å². The van der Waals surface area contributed by atoms with E-state index in [1.54, 1.807) is 13.8 Å². The molecule has 2 amide bonds. The van der Waals surface area contributed by atoms with Crippen molar-refractivity contribution in [1.82, 2.24) is 10.6 Å². The Balaban J connectivity index is -0.000000267. The van der Waals surface area contributed by atoms with E-state index >= 15 is 0 Å². The van der Waals surface area contributed by atoms with Gasteiger partial charge in [-0.3, -0.25) is 38.4 Å². The molecule has 5 N–H and O–H groups in total. The molecule has 40 heavy (non-hydrogen) atoms. The van der Waals surface area contributed by atoms with Gasteiger partial charge >= 0.3 is 17.9 Å². The summed E-state index contributed by atoms with van der Waals surface area (Å²) in [6.07, 6.45) is 2.55. The SMILES string of the molecule is CCC(=O)CCC(=O)NCC(=O)CCCC(=O)OC.CCC(=O)CCC(=O)NCC(=O)O.COC(=O)CCN.Cl. The number of carboxylic acids is 1. The topological polar surface area (TPSA) is 225 Å². The van der Waals surface area contributed by atoms with Crippen LogP contribution in [0.25, 0.3) is 0 Å². The highest BCUT2D eigenvalue weighted by molar-refractivity contribution is 5.89. The number of methoxy groups -OCH3 is 2. The van der Waals surface area contributed by atoms with Crippen LogP contribution in [0.15, 0.2) is 0 Å². The molecule has 0 aliphatic carbocycles. The Hall–Kier alpha value is -3.39. The molecule has 0 spiro atoms. The van der Waals surface area contributed by atoms with Crippen LogP contribution in [0, 0.1) is 0 Å². The first-order valence-electron chi connectivity index (χ1n) is 12.5. The molecule has 0 aliphatic rings. The summed E-state index contributed by atoms with van der Waals surface area (Å²) in [5, 5.41) is 12.8. The number of nitrogens with one attached hydrogen (secondary N) is 2. The van der Waals surface area contributed by atoms with Gasteiger partial charge in [-0.25, -0.2) is 0 Å². The van der Waals surface area contributed by atoms with Crippen LogP contribution in [0.4, 0.5) is 0 Å². The number of ketones is 3. The van der Waals surface area contributed by atoms with Crippen molar-refractivity contribution in [1.29, 1.82) is 0 Å². The number of carboxylic acid groups (broad SMARTS) is 1. The van der Waals surface area contributed by atoms with Crippen LogP contribution in [0.1, 0.15) is 78.1 Å². The third-order valence-electron chi connectivity index (χ3n) is 4.61. The number of aliphatic carboxylic acids is 1. The molecule has 232 valence electrons. The molecule has 0 unspecified atom stereocenters. The Morgan fingerprint density at radius 3 is 1.40 bits per heavy atom. The van der Waals surface area contributed by atoms with Crippen molar-refractivity contribution in [3.63, 3.8) is 0 Å². The van der Waals surface area contributed by atoms with Gasteiger partial charge in [-0.05, 0) is 6.42 Å². The molecule has 0 bridgehead atoms. The predicted molar refractivity (Wildman–Crippen MR) is 147 cm³/mol. The van der Waals surface area contributed by atoms with E-state index in [-0.39, 0.29) is 99.2 Å². The van der Waals surface area contributed by atoms with E-state index < -0.39 is 11.9 Å². The van der Waals surface area contributed by atoms with Crippen LogP contribution in [0.3, 0.4) is 0 Å². The molecule has 0 aromatic carbocycles. The second-order valence-electron chi connectivity index (χ2n) is 7.81. The molecular weight excluding hydrogens is 554 g/mol. The van der Waals surface area contributed by atoms with E-state index in [4.69, 9.17) is 10.8 Å². The Kier molecular flexibility index (Phi) is 32.9. The van der Waals surface area contributed by atoms with Gasteiger partial charge in [0.2, 0.25) is 11.8 Å². The number of carbonyl (C=O) groups excluding carboxylic acids is 7. The summed E-state index contributed by atoms with van der Waals surface area (Å²) in [5.41, 5.74) is 5.00. The molecule has 0 aliphatic heterocycles. The second-order valence-corrected chi connectivity index (χ2v) is 7.81. The van der Waals surface area contributed by atoms with Crippen molar-refractivity contribution >= 4 is 59.5 Å². The van der Waals surface area contributed by atoms with Crippen molar-refractivity contribution in [2.24, 2.45) is 5.73 Å². The number of amides is 2. The Bertz CT molecular complexity index is 805. The summed E-state index contributed by atoms with van der Waals surface area (Å²) in [6, 6.07) is 0. The molecule has 0 aromatic rings. The Morgan fingerprint density at radius 2 is 1.05 bits per heavy atom. The zero-order valence-electron chi connectivity index (χ0n) is 23.7. The van der Waals surface area contributed by atoms with Crippen LogP contribution in [-0.4, -0.2) is 86.0 Å². The van der Waals surface area contributed by atoms with Crippen molar-refractivity contribution in [2.45, 2.75) is 78.1 Å². The highest BCUT2D eigenvalue weighted by atomic mass is 35.5. The van der Waals surface area contributed by atoms with Crippen molar-refractivity contribution in [2.75, 3.05) is 33.9 Å². The minimum atomic E-state index is -1.09. The maximum Gasteiger partial charge on any atom is 0.322 e. The van der Waals surface area contributed by atoms with E-state index in [0.29, 0.717) is 32.2 Å². The lowest BCUT2D eigenvalue weighted by atomic mass is 10.1. The van der Waals surface area contributed by atoms with E-state index in [1.165, 1.54) is 14.2 Å². The minimum Gasteiger partial charge on any atom is -0.480 e. The van der Waals surface area contributed by atoms with Gasteiger partial charge in [0.05, 0.1) is 27.2 Å². The normalized spacial score (nSPS) is 9.12. The van der Waals surface area contributed by atoms with Gasteiger partial charge < -0.3 is 30.9 Å². The van der Waals surface area contributed by atoms with Crippen LogP contribution in [0.5, 0.6) is 0 Å². The molecular formula is C25H44ClN3O11. The first kappa shape index (κ1) is 43.7. The zero-order valence-corrected chi connectivity index (χ0v) is 24.5. The Morgan fingerprint density at radius 1 is 0.625 bits per heavy atom. The summed E-state index contributed by atoms with van der Waals surface area (Å²) in [5.74, 6) is -2.50. The zero-order chi connectivity index (χ0) is 30.6.